The molecule has 2 heteroatoms. The summed E-state index contributed by atoms with van der Waals surface area (Å²) in [5, 5.41) is 0. The first-order chi connectivity index (χ1) is 18.9. The first kappa shape index (κ1) is 25.0. The van der Waals surface area contributed by atoms with Crippen LogP contribution in [0.15, 0.2) is 23.4 Å². The van der Waals surface area contributed by atoms with Gasteiger partial charge in [-0.25, -0.2) is 0 Å². The maximum atomic E-state index is 3.14. The second-order valence-electron chi connectivity index (χ2n) is 15.3. The highest BCUT2D eigenvalue weighted by Crippen LogP contribution is 2.53. The van der Waals surface area contributed by atoms with Crippen molar-refractivity contribution in [1.82, 2.24) is 9.80 Å². The first-order valence-electron chi connectivity index (χ1n) is 17.8. The van der Waals surface area contributed by atoms with E-state index in [4.69, 9.17) is 0 Å². The van der Waals surface area contributed by atoms with Gasteiger partial charge in [-0.2, -0.15) is 0 Å². The summed E-state index contributed by atoms with van der Waals surface area (Å²) in [5.74, 6) is 5.06. The molecule has 0 aromatic heterocycles. The molecule has 38 heavy (non-hydrogen) atoms. The van der Waals surface area contributed by atoms with Crippen LogP contribution in [0, 0.1) is 29.6 Å². The molecule has 1 saturated heterocycles. The fourth-order valence-electron chi connectivity index (χ4n) is 12.2. The highest BCUT2D eigenvalue weighted by atomic mass is 15.3. The number of likely N-dealkylation sites (tertiary alicyclic amines) is 1. The smallest absolute Gasteiger partial charge is 0.0356 e. The van der Waals surface area contributed by atoms with E-state index >= 15 is 0 Å². The average molecular weight is 517 g/mol. The summed E-state index contributed by atoms with van der Waals surface area (Å²) < 4.78 is 0. The second-order valence-corrected chi connectivity index (χ2v) is 15.3. The summed E-state index contributed by atoms with van der Waals surface area (Å²) in [6, 6.07) is 4.43. The minimum atomic E-state index is 0.803. The predicted molar refractivity (Wildman–Crippen MR) is 158 cm³/mol. The standard InChI is InChI=1S/C36H56N2/c1-5-13-33-29(9-1)30-10-2-6-14-34(30)37(33)27-21-17-25(18-22-27)26-19-23-28(24-20-26)38-35-15-7-3-11-31(35)32-12-4-8-16-36(32)38/h5,13,25-31,33-35H,1-4,6-12,14-24H2. The molecule has 0 bridgehead atoms. The molecule has 0 aromatic carbocycles. The van der Waals surface area contributed by atoms with Crippen LogP contribution in [-0.2, 0) is 0 Å². The van der Waals surface area contributed by atoms with Crippen molar-refractivity contribution < 1.29 is 0 Å². The van der Waals surface area contributed by atoms with E-state index in [-0.39, 0.29) is 0 Å². The van der Waals surface area contributed by atoms with Crippen LogP contribution >= 0.6 is 0 Å². The van der Waals surface area contributed by atoms with E-state index in [1.54, 1.807) is 25.7 Å². The van der Waals surface area contributed by atoms with Crippen molar-refractivity contribution in [3.05, 3.63) is 23.4 Å². The monoisotopic (exact) mass is 516 g/mol. The lowest BCUT2D eigenvalue weighted by Gasteiger charge is -2.47. The fourth-order valence-corrected chi connectivity index (χ4v) is 12.2. The van der Waals surface area contributed by atoms with Crippen molar-refractivity contribution in [3.63, 3.8) is 0 Å². The molecule has 6 atom stereocenters. The molecular weight excluding hydrogens is 460 g/mol. The third-order valence-electron chi connectivity index (χ3n) is 13.8. The van der Waals surface area contributed by atoms with E-state index in [1.807, 2.05) is 11.3 Å². The van der Waals surface area contributed by atoms with Crippen molar-refractivity contribution >= 4 is 0 Å². The minimum Gasteiger partial charge on any atom is -0.368 e. The fraction of sp³-hybridized carbons (Fsp3) is 0.889. The van der Waals surface area contributed by atoms with Crippen molar-refractivity contribution in [1.29, 1.82) is 0 Å². The Morgan fingerprint density at radius 3 is 2.05 bits per heavy atom. The van der Waals surface area contributed by atoms with Crippen molar-refractivity contribution in [2.45, 2.75) is 171 Å². The summed E-state index contributed by atoms with van der Waals surface area (Å²) in [5.41, 5.74) is 3.84. The predicted octanol–water partition coefficient (Wildman–Crippen LogP) is 9.02. The van der Waals surface area contributed by atoms with Gasteiger partial charge in [0, 0.05) is 41.8 Å². The van der Waals surface area contributed by atoms with Gasteiger partial charge in [-0.3, -0.25) is 4.90 Å². The van der Waals surface area contributed by atoms with Gasteiger partial charge in [-0.15, -0.1) is 0 Å². The SMILES string of the molecule is C1=CC2C(CC1)C1CCCCC1N2C1CCC(C2CCC(N3C4=C(CCCC4)C4CCCCC43)CC2)CC1. The van der Waals surface area contributed by atoms with Crippen LogP contribution < -0.4 is 0 Å². The quantitative estimate of drug-likeness (QED) is 0.345. The van der Waals surface area contributed by atoms with Crippen LogP contribution in [0.1, 0.15) is 141 Å². The van der Waals surface area contributed by atoms with E-state index in [0.717, 1.165) is 59.8 Å². The van der Waals surface area contributed by atoms with Gasteiger partial charge in [0.25, 0.3) is 0 Å². The molecule has 2 nitrogen and oxygen atoms in total. The van der Waals surface area contributed by atoms with Gasteiger partial charge in [-0.1, -0.05) is 37.8 Å². The number of nitrogens with zero attached hydrogens (tertiary/aromatic N) is 2. The molecule has 8 aliphatic rings. The highest BCUT2D eigenvalue weighted by Gasteiger charge is 2.51. The maximum absolute atomic E-state index is 3.14. The lowest BCUT2D eigenvalue weighted by Crippen LogP contribution is -2.48. The van der Waals surface area contributed by atoms with Crippen LogP contribution in [0.3, 0.4) is 0 Å². The molecule has 210 valence electrons. The Kier molecular flexibility index (Phi) is 6.95. The Balaban J connectivity index is 0.893. The van der Waals surface area contributed by atoms with Crippen LogP contribution in [0.25, 0.3) is 0 Å². The molecule has 0 radical (unpaired) electrons. The summed E-state index contributed by atoms with van der Waals surface area (Å²) in [4.78, 5) is 6.24. The molecule has 6 unspecified atom stereocenters. The second kappa shape index (κ2) is 10.6. The van der Waals surface area contributed by atoms with Gasteiger partial charge >= 0.3 is 0 Å². The van der Waals surface area contributed by atoms with Gasteiger partial charge in [0.05, 0.1) is 0 Å². The number of hydrogen-bond acceptors (Lipinski definition) is 2. The summed E-state index contributed by atoms with van der Waals surface area (Å²) >= 11 is 0. The van der Waals surface area contributed by atoms with Crippen molar-refractivity contribution in [2.24, 2.45) is 29.6 Å². The zero-order chi connectivity index (χ0) is 25.1. The zero-order valence-electron chi connectivity index (χ0n) is 24.4. The normalized spacial score (nSPS) is 47.4. The zero-order valence-corrected chi connectivity index (χ0v) is 24.4. The number of allylic oxidation sites excluding steroid dienone is 2. The number of fused-ring (bicyclic) bond motifs is 5. The molecular formula is C36H56N2. The number of hydrogen-bond donors (Lipinski definition) is 0. The van der Waals surface area contributed by atoms with E-state index in [2.05, 4.69) is 22.0 Å². The maximum Gasteiger partial charge on any atom is 0.0356 e. The third kappa shape index (κ3) is 4.19. The summed E-state index contributed by atoms with van der Waals surface area (Å²) in [6.07, 6.45) is 38.1. The lowest BCUT2D eigenvalue weighted by atomic mass is 9.70. The molecule has 0 aromatic rings. The van der Waals surface area contributed by atoms with Crippen molar-refractivity contribution in [3.8, 4) is 0 Å². The number of rotatable bonds is 3. The minimum absolute atomic E-state index is 0.803. The molecule has 2 aliphatic heterocycles. The molecule has 2 heterocycles. The van der Waals surface area contributed by atoms with Gasteiger partial charge in [-0.05, 0) is 145 Å². The average Bonchev–Trinajstić information content (AvgIpc) is 3.51. The molecule has 6 aliphatic carbocycles. The molecule has 0 N–H and O–H groups in total. The van der Waals surface area contributed by atoms with Crippen LogP contribution in [-0.4, -0.2) is 40.0 Å². The lowest BCUT2D eigenvalue weighted by molar-refractivity contribution is 0.0500. The largest absolute Gasteiger partial charge is 0.368 e. The third-order valence-corrected chi connectivity index (χ3v) is 13.8. The van der Waals surface area contributed by atoms with E-state index < -0.39 is 0 Å². The Hall–Kier alpha value is -0.760. The van der Waals surface area contributed by atoms with E-state index in [9.17, 15) is 0 Å². The van der Waals surface area contributed by atoms with Crippen LogP contribution in [0.5, 0.6) is 0 Å². The van der Waals surface area contributed by atoms with Gasteiger partial charge < -0.3 is 4.90 Å². The highest BCUT2D eigenvalue weighted by molar-refractivity contribution is 5.29. The van der Waals surface area contributed by atoms with Crippen molar-refractivity contribution in [2.75, 3.05) is 0 Å². The van der Waals surface area contributed by atoms with E-state index in [0.29, 0.717) is 0 Å². The Labute approximate surface area is 234 Å². The molecule has 5 fully saturated rings. The topological polar surface area (TPSA) is 6.48 Å². The Bertz CT molecular complexity index is 902. The molecule has 0 spiro atoms. The van der Waals surface area contributed by atoms with E-state index in [1.165, 1.54) is 116 Å². The first-order valence-corrected chi connectivity index (χ1v) is 17.8. The summed E-state index contributed by atoms with van der Waals surface area (Å²) in [6.45, 7) is 0. The molecule has 4 saturated carbocycles. The van der Waals surface area contributed by atoms with Crippen LogP contribution in [0.4, 0.5) is 0 Å². The van der Waals surface area contributed by atoms with Gasteiger partial charge in [0.1, 0.15) is 0 Å². The Morgan fingerprint density at radius 1 is 0.553 bits per heavy atom. The van der Waals surface area contributed by atoms with Gasteiger partial charge in [0.15, 0.2) is 0 Å². The van der Waals surface area contributed by atoms with Gasteiger partial charge in [0.2, 0.25) is 0 Å². The van der Waals surface area contributed by atoms with Crippen LogP contribution in [0.2, 0.25) is 0 Å². The Morgan fingerprint density at radius 2 is 1.24 bits per heavy atom. The molecule has 0 amide bonds. The summed E-state index contributed by atoms with van der Waals surface area (Å²) in [7, 11) is 0. The molecule has 8 rings (SSSR count).